The summed E-state index contributed by atoms with van der Waals surface area (Å²) in [5.74, 6) is 0.472. The van der Waals surface area contributed by atoms with Crippen LogP contribution >= 0.6 is 11.3 Å². The number of hydrogen-bond donors (Lipinski definition) is 0. The van der Waals surface area contributed by atoms with E-state index < -0.39 is 0 Å². The molecule has 3 heterocycles. The first-order valence-corrected chi connectivity index (χ1v) is 10.9. The minimum absolute atomic E-state index is 0.0195. The highest BCUT2D eigenvalue weighted by atomic mass is 32.1. The molecule has 0 unspecified atom stereocenters. The number of piperazine rings is 1. The van der Waals surface area contributed by atoms with E-state index in [1.807, 2.05) is 22.4 Å². The van der Waals surface area contributed by atoms with Crippen LogP contribution < -0.4 is 4.90 Å². The zero-order chi connectivity index (χ0) is 21.1. The Labute approximate surface area is 180 Å². The van der Waals surface area contributed by atoms with Gasteiger partial charge >= 0.3 is 0 Å². The fourth-order valence-corrected chi connectivity index (χ4v) is 4.28. The quantitative estimate of drug-likeness (QED) is 0.637. The molecule has 30 heavy (non-hydrogen) atoms. The van der Waals surface area contributed by atoms with Crippen molar-refractivity contribution in [1.82, 2.24) is 14.9 Å². The van der Waals surface area contributed by atoms with Gasteiger partial charge in [0.05, 0.1) is 11.9 Å². The highest BCUT2D eigenvalue weighted by Crippen LogP contribution is 2.26. The predicted molar refractivity (Wildman–Crippen MR) is 119 cm³/mol. The zero-order valence-electron chi connectivity index (χ0n) is 17.1. The average molecular weight is 418 g/mol. The number of carbonyl (C=O) groups excluding carboxylic acids is 1. The summed E-state index contributed by atoms with van der Waals surface area (Å²) >= 11 is 1.51. The van der Waals surface area contributed by atoms with Crippen molar-refractivity contribution in [2.45, 2.75) is 19.8 Å². The molecular weight excluding hydrogens is 394 g/mol. The lowest BCUT2D eigenvalue weighted by atomic mass is 10.0. The van der Waals surface area contributed by atoms with Gasteiger partial charge < -0.3 is 9.80 Å². The van der Waals surface area contributed by atoms with Crippen molar-refractivity contribution in [3.8, 4) is 16.6 Å². The summed E-state index contributed by atoms with van der Waals surface area (Å²) in [4.78, 5) is 25.7. The van der Waals surface area contributed by atoms with E-state index in [-0.39, 0.29) is 5.91 Å². The average Bonchev–Trinajstić information content (AvgIpc) is 3.29. The first-order valence-electron chi connectivity index (χ1n) is 10.0. The zero-order valence-corrected chi connectivity index (χ0v) is 17.9. The second-order valence-electron chi connectivity index (χ2n) is 7.61. The Bertz CT molecular complexity index is 1060. The van der Waals surface area contributed by atoms with Crippen molar-refractivity contribution in [3.63, 3.8) is 0 Å². The summed E-state index contributed by atoms with van der Waals surface area (Å²) in [7, 11) is 0. The van der Waals surface area contributed by atoms with Crippen LogP contribution in [0.4, 0.5) is 5.69 Å². The van der Waals surface area contributed by atoms with Crippen LogP contribution in [0.2, 0.25) is 0 Å². The van der Waals surface area contributed by atoms with Crippen molar-refractivity contribution >= 4 is 22.9 Å². The molecule has 0 radical (unpaired) electrons. The van der Waals surface area contributed by atoms with Crippen LogP contribution in [0, 0.1) is 11.3 Å². The predicted octanol–water partition coefficient (Wildman–Crippen LogP) is 4.16. The van der Waals surface area contributed by atoms with Crippen LogP contribution in [0.3, 0.4) is 0 Å². The number of amides is 1. The van der Waals surface area contributed by atoms with Gasteiger partial charge in [-0.05, 0) is 23.6 Å². The molecule has 0 bridgehead atoms. The number of nitrogens with zero attached hydrogens (tertiary/aromatic N) is 5. The lowest BCUT2D eigenvalue weighted by molar-refractivity contribution is 0.0742. The minimum Gasteiger partial charge on any atom is -0.367 e. The fourth-order valence-electron chi connectivity index (χ4n) is 3.48. The molecule has 0 saturated carbocycles. The number of anilines is 1. The van der Waals surface area contributed by atoms with E-state index in [1.54, 1.807) is 12.3 Å². The third kappa shape index (κ3) is 4.19. The van der Waals surface area contributed by atoms with Crippen LogP contribution in [-0.4, -0.2) is 47.0 Å². The fraction of sp³-hybridized carbons (Fsp3) is 0.304. The van der Waals surface area contributed by atoms with Gasteiger partial charge in [-0.1, -0.05) is 38.1 Å². The smallest absolute Gasteiger partial charge is 0.273 e. The number of rotatable bonds is 4. The monoisotopic (exact) mass is 417 g/mol. The maximum Gasteiger partial charge on any atom is 0.273 e. The van der Waals surface area contributed by atoms with E-state index in [2.05, 4.69) is 53.0 Å². The Morgan fingerprint density at radius 1 is 1.10 bits per heavy atom. The van der Waals surface area contributed by atoms with Crippen molar-refractivity contribution in [1.29, 1.82) is 5.26 Å². The molecule has 2 aromatic heterocycles. The van der Waals surface area contributed by atoms with E-state index in [4.69, 9.17) is 5.26 Å². The van der Waals surface area contributed by atoms with Gasteiger partial charge in [-0.2, -0.15) is 5.26 Å². The second-order valence-corrected chi connectivity index (χ2v) is 8.47. The van der Waals surface area contributed by atoms with E-state index in [9.17, 15) is 4.79 Å². The molecule has 1 fully saturated rings. The Morgan fingerprint density at radius 2 is 1.83 bits per heavy atom. The van der Waals surface area contributed by atoms with Crippen molar-refractivity contribution in [2.75, 3.05) is 31.1 Å². The summed E-state index contributed by atoms with van der Waals surface area (Å²) in [6.45, 7) is 7.07. The highest BCUT2D eigenvalue weighted by molar-refractivity contribution is 7.13. The lowest BCUT2D eigenvalue weighted by Gasteiger charge is -2.35. The van der Waals surface area contributed by atoms with Gasteiger partial charge in [-0.3, -0.25) is 4.79 Å². The van der Waals surface area contributed by atoms with Crippen LogP contribution in [-0.2, 0) is 0 Å². The number of hydrogen-bond acceptors (Lipinski definition) is 6. The third-order valence-electron chi connectivity index (χ3n) is 5.34. The Kier molecular flexibility index (Phi) is 5.77. The molecule has 1 aliphatic heterocycles. The van der Waals surface area contributed by atoms with Crippen LogP contribution in [0.5, 0.6) is 0 Å². The van der Waals surface area contributed by atoms with Gasteiger partial charge in [-0.25, -0.2) is 9.97 Å². The molecule has 0 spiro atoms. The number of pyridine rings is 1. The van der Waals surface area contributed by atoms with Crippen LogP contribution in [0.25, 0.3) is 10.6 Å². The maximum atomic E-state index is 12.9. The molecule has 1 amide bonds. The minimum atomic E-state index is -0.0195. The first-order chi connectivity index (χ1) is 14.5. The second kappa shape index (κ2) is 8.64. The molecule has 152 valence electrons. The molecule has 0 N–H and O–H groups in total. The number of nitriles is 1. The normalized spacial score (nSPS) is 14.1. The van der Waals surface area contributed by atoms with Crippen LogP contribution in [0.1, 0.15) is 41.5 Å². The number of aromatic nitrogens is 2. The number of carbonyl (C=O) groups is 1. The van der Waals surface area contributed by atoms with Gasteiger partial charge in [0.2, 0.25) is 0 Å². The number of benzene rings is 1. The van der Waals surface area contributed by atoms with E-state index in [0.29, 0.717) is 30.4 Å². The number of thiazole rings is 1. The summed E-state index contributed by atoms with van der Waals surface area (Å²) in [5, 5.41) is 11.6. The molecular formula is C23H23N5OS. The van der Waals surface area contributed by atoms with E-state index in [1.165, 1.54) is 16.9 Å². The first kappa shape index (κ1) is 20.0. The third-order valence-corrected chi connectivity index (χ3v) is 6.23. The van der Waals surface area contributed by atoms with Gasteiger partial charge in [0.15, 0.2) is 0 Å². The summed E-state index contributed by atoms with van der Waals surface area (Å²) in [6.07, 6.45) is 1.72. The molecule has 7 heteroatoms. The van der Waals surface area contributed by atoms with Gasteiger partial charge in [-0.15, -0.1) is 11.3 Å². The molecule has 3 aromatic rings. The highest BCUT2D eigenvalue weighted by Gasteiger charge is 2.24. The molecule has 1 aliphatic rings. The Hall–Kier alpha value is -3.24. The van der Waals surface area contributed by atoms with E-state index >= 15 is 0 Å². The van der Waals surface area contributed by atoms with Gasteiger partial charge in [0.25, 0.3) is 5.91 Å². The molecule has 6 nitrogen and oxygen atoms in total. The molecule has 1 saturated heterocycles. The molecule has 4 rings (SSSR count). The molecule has 1 aromatic carbocycles. The van der Waals surface area contributed by atoms with Crippen molar-refractivity contribution < 1.29 is 4.79 Å². The van der Waals surface area contributed by atoms with Crippen LogP contribution in [0.15, 0.2) is 48.0 Å². The molecule has 0 atom stereocenters. The summed E-state index contributed by atoms with van der Waals surface area (Å²) < 4.78 is 0. The van der Waals surface area contributed by atoms with Crippen molar-refractivity contribution in [2.24, 2.45) is 0 Å². The van der Waals surface area contributed by atoms with Crippen molar-refractivity contribution in [3.05, 3.63) is 64.9 Å². The summed E-state index contributed by atoms with van der Waals surface area (Å²) in [5.41, 5.74) is 4.23. The van der Waals surface area contributed by atoms with Gasteiger partial charge in [0.1, 0.15) is 22.5 Å². The Morgan fingerprint density at radius 3 is 2.43 bits per heavy atom. The lowest BCUT2D eigenvalue weighted by Crippen LogP contribution is -2.48. The topological polar surface area (TPSA) is 73.1 Å². The maximum absolute atomic E-state index is 12.9. The SMILES string of the molecule is CC(C)c1ccc(-c2nc(C(=O)N3CCN(c4ccc(C#N)nc4)CC3)cs2)cc1. The molecule has 0 aliphatic carbocycles. The standard InChI is InChI=1S/C23H23N5OS/c1-16(2)17-3-5-18(6-4-17)22-26-21(15-30-22)23(29)28-11-9-27(10-12-28)20-8-7-19(13-24)25-14-20/h3-8,14-16H,9-12H2,1-2H3. The largest absolute Gasteiger partial charge is 0.367 e. The van der Waals surface area contributed by atoms with Gasteiger partial charge in [0, 0.05) is 37.1 Å². The Balaban J connectivity index is 1.39. The van der Waals surface area contributed by atoms with E-state index in [0.717, 1.165) is 29.3 Å². The summed E-state index contributed by atoms with van der Waals surface area (Å²) in [6, 6.07) is 14.1.